The Morgan fingerprint density at radius 3 is 2.71 bits per heavy atom. The number of carboxylic acid groups (broad SMARTS) is 1. The molecule has 4 nitrogen and oxygen atoms in total. The molecule has 4 atom stereocenters. The van der Waals surface area contributed by atoms with Crippen molar-refractivity contribution in [2.24, 2.45) is 17.8 Å². The number of rotatable bonds is 5. The van der Waals surface area contributed by atoms with Gasteiger partial charge in [0.1, 0.15) is 5.75 Å². The van der Waals surface area contributed by atoms with E-state index >= 15 is 0 Å². The summed E-state index contributed by atoms with van der Waals surface area (Å²) in [6.45, 7) is 2.05. The molecular formula is C16H21ClO4. The zero-order chi connectivity index (χ0) is 15.6. The van der Waals surface area contributed by atoms with Gasteiger partial charge in [0.05, 0.1) is 24.2 Å². The van der Waals surface area contributed by atoms with Crippen LogP contribution in [0.3, 0.4) is 0 Å². The highest BCUT2D eigenvalue weighted by Crippen LogP contribution is 2.46. The lowest BCUT2D eigenvalue weighted by molar-refractivity contribution is -0.144. The first-order chi connectivity index (χ1) is 9.97. The molecule has 0 aliphatic heterocycles. The van der Waals surface area contributed by atoms with Gasteiger partial charge >= 0.3 is 5.97 Å². The number of aliphatic hydroxyl groups is 1. The Hall–Kier alpha value is -1.26. The monoisotopic (exact) mass is 312 g/mol. The SMILES string of the molecule is CCC1CC(C(=O)O)C(C(O)c2ccc(OC)cc2Cl)C1. The van der Waals surface area contributed by atoms with Crippen molar-refractivity contribution in [2.75, 3.05) is 7.11 Å². The minimum atomic E-state index is -0.860. The van der Waals surface area contributed by atoms with Crippen LogP contribution in [0.1, 0.15) is 37.9 Å². The third kappa shape index (κ3) is 3.33. The summed E-state index contributed by atoms with van der Waals surface area (Å²) in [6.07, 6.45) is 1.42. The third-order valence-corrected chi connectivity index (χ3v) is 4.86. The van der Waals surface area contributed by atoms with E-state index in [0.717, 1.165) is 12.8 Å². The van der Waals surface area contributed by atoms with Gasteiger partial charge in [-0.05, 0) is 36.5 Å². The zero-order valence-electron chi connectivity index (χ0n) is 12.3. The number of methoxy groups -OCH3 is 1. The smallest absolute Gasteiger partial charge is 0.306 e. The predicted molar refractivity (Wildman–Crippen MR) is 80.6 cm³/mol. The quantitative estimate of drug-likeness (QED) is 0.873. The Kier molecular flexibility index (Phi) is 5.12. The van der Waals surface area contributed by atoms with Crippen molar-refractivity contribution in [1.29, 1.82) is 0 Å². The Bertz CT molecular complexity index is 517. The van der Waals surface area contributed by atoms with Gasteiger partial charge in [0.2, 0.25) is 0 Å². The molecule has 0 saturated heterocycles. The number of halogens is 1. The number of hydrogen-bond donors (Lipinski definition) is 2. The molecule has 5 heteroatoms. The van der Waals surface area contributed by atoms with Crippen LogP contribution in [0.2, 0.25) is 5.02 Å². The molecule has 4 unspecified atom stereocenters. The molecule has 0 bridgehead atoms. The summed E-state index contributed by atoms with van der Waals surface area (Å²) in [5.74, 6) is -0.674. The molecule has 21 heavy (non-hydrogen) atoms. The van der Waals surface area contributed by atoms with E-state index in [9.17, 15) is 15.0 Å². The van der Waals surface area contributed by atoms with Crippen LogP contribution in [-0.4, -0.2) is 23.3 Å². The van der Waals surface area contributed by atoms with Crippen LogP contribution < -0.4 is 4.74 Å². The Labute approximate surface area is 129 Å². The van der Waals surface area contributed by atoms with E-state index in [4.69, 9.17) is 16.3 Å². The number of hydrogen-bond acceptors (Lipinski definition) is 3. The van der Waals surface area contributed by atoms with Crippen LogP contribution in [0.5, 0.6) is 5.75 Å². The Balaban J connectivity index is 2.25. The van der Waals surface area contributed by atoms with Crippen molar-refractivity contribution < 1.29 is 19.7 Å². The molecule has 2 rings (SSSR count). The second-order valence-corrected chi connectivity index (χ2v) is 6.09. The highest BCUT2D eigenvalue weighted by Gasteiger charge is 2.42. The van der Waals surface area contributed by atoms with Gasteiger partial charge in [0.15, 0.2) is 0 Å². The van der Waals surface area contributed by atoms with E-state index in [2.05, 4.69) is 6.92 Å². The van der Waals surface area contributed by atoms with Crippen molar-refractivity contribution in [3.05, 3.63) is 28.8 Å². The zero-order valence-corrected chi connectivity index (χ0v) is 13.0. The molecule has 1 saturated carbocycles. The first-order valence-electron chi connectivity index (χ1n) is 7.22. The fourth-order valence-electron chi connectivity index (χ4n) is 3.25. The van der Waals surface area contributed by atoms with Crippen molar-refractivity contribution in [3.8, 4) is 5.75 Å². The van der Waals surface area contributed by atoms with E-state index < -0.39 is 18.0 Å². The fourth-order valence-corrected chi connectivity index (χ4v) is 3.53. The van der Waals surface area contributed by atoms with Gasteiger partial charge in [-0.2, -0.15) is 0 Å². The van der Waals surface area contributed by atoms with Crippen molar-refractivity contribution >= 4 is 17.6 Å². The number of carboxylic acids is 1. The highest BCUT2D eigenvalue weighted by molar-refractivity contribution is 6.31. The molecule has 116 valence electrons. The third-order valence-electron chi connectivity index (χ3n) is 4.54. The van der Waals surface area contributed by atoms with Gasteiger partial charge in [0, 0.05) is 5.92 Å². The summed E-state index contributed by atoms with van der Waals surface area (Å²) in [7, 11) is 1.55. The maximum atomic E-state index is 11.4. The van der Waals surface area contributed by atoms with E-state index in [1.165, 1.54) is 0 Å². The molecule has 2 N–H and O–H groups in total. The molecule has 1 aromatic carbocycles. The highest BCUT2D eigenvalue weighted by atomic mass is 35.5. The molecule has 1 fully saturated rings. The lowest BCUT2D eigenvalue weighted by Crippen LogP contribution is -2.24. The number of aliphatic hydroxyl groups excluding tert-OH is 1. The van der Waals surface area contributed by atoms with Crippen LogP contribution in [0.15, 0.2) is 18.2 Å². The van der Waals surface area contributed by atoms with Crippen LogP contribution in [0, 0.1) is 17.8 Å². The standard InChI is InChI=1S/C16H21ClO4/c1-3-9-6-12(13(7-9)16(19)20)15(18)11-5-4-10(21-2)8-14(11)17/h4-5,8-9,12-13,15,18H,3,6-7H2,1-2H3,(H,19,20). The maximum Gasteiger partial charge on any atom is 0.306 e. The number of aliphatic carboxylic acids is 1. The van der Waals surface area contributed by atoms with Crippen LogP contribution >= 0.6 is 11.6 Å². The molecule has 1 aliphatic carbocycles. The lowest BCUT2D eigenvalue weighted by Gasteiger charge is -2.23. The number of ether oxygens (including phenoxy) is 1. The average Bonchev–Trinajstić information content (AvgIpc) is 2.91. The van der Waals surface area contributed by atoms with E-state index in [1.54, 1.807) is 25.3 Å². The summed E-state index contributed by atoms with van der Waals surface area (Å²) >= 11 is 6.19. The molecule has 1 aromatic rings. The normalized spacial score (nSPS) is 26.6. The summed E-state index contributed by atoms with van der Waals surface area (Å²) in [5, 5.41) is 20.4. The minimum absolute atomic E-state index is 0.293. The molecule has 0 aromatic heterocycles. The van der Waals surface area contributed by atoms with Crippen molar-refractivity contribution in [3.63, 3.8) is 0 Å². The second kappa shape index (κ2) is 6.67. The largest absolute Gasteiger partial charge is 0.497 e. The molecular weight excluding hydrogens is 292 g/mol. The molecule has 0 heterocycles. The molecule has 1 aliphatic rings. The minimum Gasteiger partial charge on any atom is -0.497 e. The molecule has 0 spiro atoms. The summed E-state index contributed by atoms with van der Waals surface area (Å²) in [5.41, 5.74) is 0.575. The topological polar surface area (TPSA) is 66.8 Å². The van der Waals surface area contributed by atoms with E-state index in [-0.39, 0.29) is 5.92 Å². The van der Waals surface area contributed by atoms with Gasteiger partial charge < -0.3 is 14.9 Å². The van der Waals surface area contributed by atoms with Crippen molar-refractivity contribution in [1.82, 2.24) is 0 Å². The molecule has 0 amide bonds. The Morgan fingerprint density at radius 2 is 2.19 bits per heavy atom. The summed E-state index contributed by atoms with van der Waals surface area (Å²) in [6, 6.07) is 5.08. The first-order valence-corrected chi connectivity index (χ1v) is 7.60. The van der Waals surface area contributed by atoms with Gasteiger partial charge in [-0.1, -0.05) is 31.0 Å². The number of carbonyl (C=O) groups is 1. The first kappa shape index (κ1) is 16.1. The van der Waals surface area contributed by atoms with Crippen molar-refractivity contribution in [2.45, 2.75) is 32.3 Å². The Morgan fingerprint density at radius 1 is 1.48 bits per heavy atom. The predicted octanol–water partition coefficient (Wildman–Crippen LogP) is 3.52. The van der Waals surface area contributed by atoms with E-state index in [1.807, 2.05) is 0 Å². The average molecular weight is 313 g/mol. The van der Waals surface area contributed by atoms with Gasteiger partial charge in [-0.25, -0.2) is 0 Å². The maximum absolute atomic E-state index is 11.4. The fraction of sp³-hybridized carbons (Fsp3) is 0.562. The van der Waals surface area contributed by atoms with Gasteiger partial charge in [0.25, 0.3) is 0 Å². The van der Waals surface area contributed by atoms with E-state index in [0.29, 0.717) is 28.7 Å². The molecule has 0 radical (unpaired) electrons. The number of benzene rings is 1. The van der Waals surface area contributed by atoms with Gasteiger partial charge in [-0.15, -0.1) is 0 Å². The van der Waals surface area contributed by atoms with Crippen LogP contribution in [0.25, 0.3) is 0 Å². The second-order valence-electron chi connectivity index (χ2n) is 5.69. The van der Waals surface area contributed by atoms with Crippen LogP contribution in [0.4, 0.5) is 0 Å². The lowest BCUT2D eigenvalue weighted by atomic mass is 9.87. The summed E-state index contributed by atoms with van der Waals surface area (Å²) in [4.78, 5) is 11.4. The van der Waals surface area contributed by atoms with Crippen LogP contribution in [-0.2, 0) is 4.79 Å². The summed E-state index contributed by atoms with van der Waals surface area (Å²) < 4.78 is 5.09. The van der Waals surface area contributed by atoms with Gasteiger partial charge in [-0.3, -0.25) is 4.79 Å².